The third kappa shape index (κ3) is 3.95. The Hall–Kier alpha value is -2.42. The molecule has 1 aliphatic rings. The summed E-state index contributed by atoms with van der Waals surface area (Å²) in [7, 11) is 0. The van der Waals surface area contributed by atoms with E-state index in [0.717, 1.165) is 0 Å². The summed E-state index contributed by atoms with van der Waals surface area (Å²) in [5.74, 6) is -0.174. The highest BCUT2D eigenvalue weighted by atomic mass is 35.5. The first-order valence-corrected chi connectivity index (χ1v) is 9.92. The SMILES string of the molecule is C[C@@H](Oc1cc(-c2cnn(C3COCC3F)c2)cnc1N)c1c(Cl)ccc(F)c1Cl. The topological polar surface area (TPSA) is 75.2 Å². The zero-order valence-corrected chi connectivity index (χ0v) is 17.4. The quantitative estimate of drug-likeness (QED) is 0.547. The molecule has 2 N–H and O–H groups in total. The fraction of sp³-hybridized carbons (Fsp3) is 0.300. The normalized spacial score (nSPS) is 19.8. The van der Waals surface area contributed by atoms with Crippen molar-refractivity contribution in [3.05, 3.63) is 58.2 Å². The van der Waals surface area contributed by atoms with Crippen molar-refractivity contribution in [3.8, 4) is 16.9 Å². The highest BCUT2D eigenvalue weighted by Crippen LogP contribution is 2.37. The average Bonchev–Trinajstić information content (AvgIpc) is 3.35. The number of aromatic nitrogens is 3. The Labute approximate surface area is 181 Å². The molecule has 6 nitrogen and oxygen atoms in total. The van der Waals surface area contributed by atoms with Crippen LogP contribution in [0.1, 0.15) is 24.6 Å². The van der Waals surface area contributed by atoms with Crippen molar-refractivity contribution in [1.82, 2.24) is 14.8 Å². The molecule has 0 bridgehead atoms. The standard InChI is InChI=1S/C20H18Cl2F2N4O2/c1-10(18-13(21)2-3-14(23)19(18)22)30-17-4-11(5-26-20(17)25)12-6-27-28(7-12)16-9-29-8-15(16)24/h2-7,10,15-16H,8-9H2,1H3,(H2,25,26)/t10-,15?,16?/m1/s1. The molecule has 0 radical (unpaired) electrons. The van der Waals surface area contributed by atoms with E-state index in [9.17, 15) is 8.78 Å². The number of anilines is 1. The largest absolute Gasteiger partial charge is 0.482 e. The molecule has 1 aromatic carbocycles. The first-order valence-electron chi connectivity index (χ1n) is 9.17. The lowest BCUT2D eigenvalue weighted by molar-refractivity contribution is 0.172. The summed E-state index contributed by atoms with van der Waals surface area (Å²) in [5, 5.41) is 4.40. The molecule has 3 heterocycles. The van der Waals surface area contributed by atoms with Gasteiger partial charge in [-0.1, -0.05) is 23.2 Å². The van der Waals surface area contributed by atoms with Gasteiger partial charge in [0.15, 0.2) is 11.6 Å². The van der Waals surface area contributed by atoms with Gasteiger partial charge in [0.05, 0.1) is 24.4 Å². The van der Waals surface area contributed by atoms with Gasteiger partial charge < -0.3 is 15.2 Å². The van der Waals surface area contributed by atoms with Crippen LogP contribution in [0.25, 0.3) is 11.1 Å². The highest BCUT2D eigenvalue weighted by Gasteiger charge is 2.30. The van der Waals surface area contributed by atoms with E-state index >= 15 is 0 Å². The molecule has 1 saturated heterocycles. The van der Waals surface area contributed by atoms with Gasteiger partial charge in [-0.2, -0.15) is 5.10 Å². The fourth-order valence-corrected chi connectivity index (χ4v) is 3.98. The molecule has 4 rings (SSSR count). The van der Waals surface area contributed by atoms with Crippen LogP contribution < -0.4 is 10.5 Å². The monoisotopic (exact) mass is 454 g/mol. The van der Waals surface area contributed by atoms with Crippen molar-refractivity contribution < 1.29 is 18.3 Å². The number of pyridine rings is 1. The van der Waals surface area contributed by atoms with Crippen LogP contribution in [0.4, 0.5) is 14.6 Å². The van der Waals surface area contributed by atoms with Gasteiger partial charge in [-0.15, -0.1) is 0 Å². The number of rotatable bonds is 5. The van der Waals surface area contributed by atoms with Crippen LogP contribution in [0.3, 0.4) is 0 Å². The number of nitrogens with zero attached hydrogens (tertiary/aromatic N) is 3. The Morgan fingerprint density at radius 3 is 2.80 bits per heavy atom. The zero-order chi connectivity index (χ0) is 21.4. The minimum atomic E-state index is -1.11. The molecule has 0 aliphatic carbocycles. The Bertz CT molecular complexity index is 1080. The Kier molecular flexibility index (Phi) is 5.81. The Morgan fingerprint density at radius 1 is 1.27 bits per heavy atom. The van der Waals surface area contributed by atoms with Crippen LogP contribution in [0.2, 0.25) is 10.0 Å². The summed E-state index contributed by atoms with van der Waals surface area (Å²) < 4.78 is 40.4. The number of halogens is 4. The predicted molar refractivity (Wildman–Crippen MR) is 110 cm³/mol. The van der Waals surface area contributed by atoms with Crippen LogP contribution >= 0.6 is 23.2 Å². The van der Waals surface area contributed by atoms with Gasteiger partial charge in [0.25, 0.3) is 0 Å². The molecule has 2 unspecified atom stereocenters. The van der Waals surface area contributed by atoms with E-state index in [-0.39, 0.29) is 34.8 Å². The summed E-state index contributed by atoms with van der Waals surface area (Å²) in [6.07, 6.45) is 3.08. The number of nitrogens with two attached hydrogens (primary N) is 1. The van der Waals surface area contributed by atoms with Crippen LogP contribution in [0, 0.1) is 5.82 Å². The van der Waals surface area contributed by atoms with Crippen LogP contribution in [-0.4, -0.2) is 34.1 Å². The van der Waals surface area contributed by atoms with Gasteiger partial charge in [0, 0.05) is 34.1 Å². The predicted octanol–water partition coefficient (Wildman–Crippen LogP) is 5.02. The zero-order valence-electron chi connectivity index (χ0n) is 15.9. The second kappa shape index (κ2) is 8.37. The van der Waals surface area contributed by atoms with Gasteiger partial charge in [-0.25, -0.2) is 13.8 Å². The molecule has 0 amide bonds. The molecular weight excluding hydrogens is 437 g/mol. The summed E-state index contributed by atoms with van der Waals surface area (Å²) in [6, 6.07) is 3.81. The minimum absolute atomic E-state index is 0.0599. The van der Waals surface area contributed by atoms with E-state index in [1.165, 1.54) is 12.1 Å². The molecular formula is C20H18Cl2F2N4O2. The Balaban J connectivity index is 1.60. The summed E-state index contributed by atoms with van der Waals surface area (Å²) in [4.78, 5) is 4.16. The number of hydrogen-bond acceptors (Lipinski definition) is 5. The van der Waals surface area contributed by atoms with Crippen LogP contribution in [-0.2, 0) is 4.74 Å². The molecule has 3 aromatic rings. The fourth-order valence-electron chi connectivity index (χ4n) is 3.30. The molecule has 10 heteroatoms. The van der Waals surface area contributed by atoms with E-state index in [1.807, 2.05) is 0 Å². The first kappa shape index (κ1) is 20.8. The van der Waals surface area contributed by atoms with E-state index < -0.39 is 24.1 Å². The highest BCUT2D eigenvalue weighted by molar-refractivity contribution is 6.36. The lowest BCUT2D eigenvalue weighted by atomic mass is 10.1. The molecule has 1 aliphatic heterocycles. The van der Waals surface area contributed by atoms with E-state index in [4.69, 9.17) is 38.4 Å². The molecule has 3 atom stereocenters. The maximum Gasteiger partial charge on any atom is 0.166 e. The van der Waals surface area contributed by atoms with Crippen molar-refractivity contribution in [2.75, 3.05) is 18.9 Å². The molecule has 30 heavy (non-hydrogen) atoms. The smallest absolute Gasteiger partial charge is 0.166 e. The van der Waals surface area contributed by atoms with Gasteiger partial charge in [-0.3, -0.25) is 4.68 Å². The second-order valence-corrected chi connectivity index (χ2v) is 7.74. The first-order chi connectivity index (χ1) is 14.3. The van der Waals surface area contributed by atoms with E-state index in [1.54, 1.807) is 36.3 Å². The molecule has 158 valence electrons. The van der Waals surface area contributed by atoms with Crippen molar-refractivity contribution in [1.29, 1.82) is 0 Å². The molecule has 1 fully saturated rings. The van der Waals surface area contributed by atoms with Crippen molar-refractivity contribution in [3.63, 3.8) is 0 Å². The minimum Gasteiger partial charge on any atom is -0.482 e. The van der Waals surface area contributed by atoms with E-state index in [2.05, 4.69) is 10.1 Å². The maximum absolute atomic E-state index is 13.9. The lowest BCUT2D eigenvalue weighted by Crippen LogP contribution is -2.18. The van der Waals surface area contributed by atoms with Crippen molar-refractivity contribution in [2.24, 2.45) is 0 Å². The third-order valence-corrected chi connectivity index (χ3v) is 5.64. The van der Waals surface area contributed by atoms with Crippen LogP contribution in [0.5, 0.6) is 5.75 Å². The summed E-state index contributed by atoms with van der Waals surface area (Å²) in [6.45, 7) is 2.01. The van der Waals surface area contributed by atoms with Crippen molar-refractivity contribution >= 4 is 29.0 Å². The molecule has 0 saturated carbocycles. The number of hydrogen-bond donors (Lipinski definition) is 1. The van der Waals surface area contributed by atoms with Gasteiger partial charge in [-0.05, 0) is 25.1 Å². The maximum atomic E-state index is 13.9. The number of ether oxygens (including phenoxy) is 2. The second-order valence-electron chi connectivity index (χ2n) is 6.95. The lowest BCUT2D eigenvalue weighted by Gasteiger charge is -2.19. The number of alkyl halides is 1. The number of nitrogen functional groups attached to an aromatic ring is 1. The Morgan fingerprint density at radius 2 is 2.07 bits per heavy atom. The summed E-state index contributed by atoms with van der Waals surface area (Å²) >= 11 is 12.2. The van der Waals surface area contributed by atoms with E-state index in [0.29, 0.717) is 16.7 Å². The molecule has 2 aromatic heterocycles. The van der Waals surface area contributed by atoms with Gasteiger partial charge in [0.1, 0.15) is 24.1 Å². The summed E-state index contributed by atoms with van der Waals surface area (Å²) in [5.41, 5.74) is 7.65. The third-order valence-electron chi connectivity index (χ3n) is 4.93. The van der Waals surface area contributed by atoms with Crippen LogP contribution in [0.15, 0.2) is 36.8 Å². The number of benzene rings is 1. The van der Waals surface area contributed by atoms with Gasteiger partial charge >= 0.3 is 0 Å². The average molecular weight is 455 g/mol. The van der Waals surface area contributed by atoms with Crippen molar-refractivity contribution in [2.45, 2.75) is 25.2 Å². The molecule has 0 spiro atoms. The van der Waals surface area contributed by atoms with Gasteiger partial charge in [0.2, 0.25) is 0 Å².